The summed E-state index contributed by atoms with van der Waals surface area (Å²) in [6, 6.07) is 45.1. The van der Waals surface area contributed by atoms with E-state index in [1.807, 2.05) is 0 Å². The second kappa shape index (κ2) is 15.4. The first kappa shape index (κ1) is 37.1. The molecule has 0 aromatic heterocycles. The predicted octanol–water partition coefficient (Wildman–Crippen LogP) is 9.93. The van der Waals surface area contributed by atoms with E-state index < -0.39 is 29.5 Å². The smallest absolute Gasteiger partial charge is 0.266 e. The zero-order valence-electron chi connectivity index (χ0n) is 31.7. The lowest BCUT2D eigenvalue weighted by Gasteiger charge is -2.15. The Bertz CT molecular complexity index is 2870. The van der Waals surface area contributed by atoms with Crippen molar-refractivity contribution in [3.8, 4) is 40.2 Å². The molecule has 2 aliphatic rings. The number of amides is 5. The highest BCUT2D eigenvalue weighted by Crippen LogP contribution is 2.36. The average Bonchev–Trinajstić information content (AvgIpc) is 3.67. The first-order valence-electron chi connectivity index (χ1n) is 18.6. The van der Waals surface area contributed by atoms with Crippen molar-refractivity contribution < 1.29 is 42.9 Å². The predicted molar refractivity (Wildman–Crippen MR) is 222 cm³/mol. The molecule has 5 amide bonds. The van der Waals surface area contributed by atoms with Crippen LogP contribution in [0.25, 0.3) is 0 Å². The summed E-state index contributed by atoms with van der Waals surface area (Å²) in [6.07, 6.45) is 0. The largest absolute Gasteiger partial charge is 0.497 e. The van der Waals surface area contributed by atoms with Gasteiger partial charge >= 0.3 is 0 Å². The lowest BCUT2D eigenvalue weighted by molar-refractivity contribution is 0.0910. The van der Waals surface area contributed by atoms with Gasteiger partial charge in [-0.2, -0.15) is 0 Å². The number of carbonyl (C=O) groups is 5. The molecule has 0 radical (unpaired) electrons. The summed E-state index contributed by atoms with van der Waals surface area (Å²) < 4.78 is 23.4. The highest BCUT2D eigenvalue weighted by atomic mass is 16.5. The van der Waals surface area contributed by atoms with E-state index in [0.717, 1.165) is 9.80 Å². The minimum atomic E-state index is -0.569. The maximum atomic E-state index is 13.6. The van der Waals surface area contributed by atoms with Crippen molar-refractivity contribution in [2.75, 3.05) is 22.2 Å². The van der Waals surface area contributed by atoms with Crippen LogP contribution in [0.1, 0.15) is 51.8 Å². The number of imide groups is 2. The summed E-state index contributed by atoms with van der Waals surface area (Å²) in [5.41, 5.74) is 2.27. The Morgan fingerprint density at radius 1 is 0.417 bits per heavy atom. The van der Waals surface area contributed by atoms with Crippen LogP contribution in [0.4, 0.5) is 17.1 Å². The van der Waals surface area contributed by atoms with E-state index in [-0.39, 0.29) is 16.7 Å². The highest BCUT2D eigenvalue weighted by molar-refractivity contribution is 6.35. The van der Waals surface area contributed by atoms with Gasteiger partial charge in [0.2, 0.25) is 0 Å². The molecule has 0 spiro atoms. The molecular weight excluding hydrogens is 763 g/mol. The Balaban J connectivity index is 0.855. The second-order valence-electron chi connectivity index (χ2n) is 13.6. The number of hydrogen-bond donors (Lipinski definition) is 1. The van der Waals surface area contributed by atoms with E-state index >= 15 is 0 Å². The Morgan fingerprint density at radius 2 is 0.833 bits per heavy atom. The van der Waals surface area contributed by atoms with Gasteiger partial charge in [-0.1, -0.05) is 42.5 Å². The second-order valence-corrected chi connectivity index (χ2v) is 13.6. The third-order valence-electron chi connectivity index (χ3n) is 9.74. The molecule has 0 atom stereocenters. The Kier molecular flexibility index (Phi) is 9.55. The molecule has 292 valence electrons. The fourth-order valence-corrected chi connectivity index (χ4v) is 6.93. The number of benzene rings is 7. The fourth-order valence-electron chi connectivity index (χ4n) is 6.93. The Morgan fingerprint density at radius 3 is 1.37 bits per heavy atom. The molecule has 1 N–H and O–H groups in total. The normalized spacial score (nSPS) is 12.9. The van der Waals surface area contributed by atoms with Crippen LogP contribution in [-0.4, -0.2) is 36.6 Å². The number of nitrogens with zero attached hydrogens (tertiary/aromatic N) is 2. The molecule has 7 aromatic rings. The van der Waals surface area contributed by atoms with Gasteiger partial charge in [0.05, 0.1) is 40.7 Å². The van der Waals surface area contributed by atoms with Crippen molar-refractivity contribution >= 4 is 46.6 Å². The summed E-state index contributed by atoms with van der Waals surface area (Å²) in [7, 11) is 1.56. The number of anilines is 3. The van der Waals surface area contributed by atoms with Crippen LogP contribution in [-0.2, 0) is 0 Å². The first-order valence-corrected chi connectivity index (χ1v) is 18.6. The van der Waals surface area contributed by atoms with E-state index in [1.165, 1.54) is 18.2 Å². The molecule has 0 aliphatic carbocycles. The molecule has 2 heterocycles. The van der Waals surface area contributed by atoms with Gasteiger partial charge in [-0.3, -0.25) is 24.0 Å². The standard InChI is InChI=1S/C48H31N3O9/c1-57-33-12-7-16-37(27-33)59-35-14-6-11-32(26-35)51-47(55)42-22-21-29(23-43(42)48(51)56)44(52)49-30-9-4-13-34(24-30)58-38-17-8-18-39(28-38)60-36-15-5-10-31(25-36)50-45(53)40-19-2-3-20-41(40)46(50)54/h2-28H,1H3,(H,49,52). The number of methoxy groups -OCH3 is 1. The Labute approximate surface area is 342 Å². The topological polar surface area (TPSA) is 141 Å². The number of rotatable bonds is 11. The molecule has 12 nitrogen and oxygen atoms in total. The molecule has 0 fully saturated rings. The molecule has 7 aromatic carbocycles. The van der Waals surface area contributed by atoms with Crippen LogP contribution in [0.2, 0.25) is 0 Å². The van der Waals surface area contributed by atoms with Crippen molar-refractivity contribution in [2.45, 2.75) is 0 Å². The van der Waals surface area contributed by atoms with Crippen LogP contribution >= 0.6 is 0 Å². The average molecular weight is 794 g/mol. The van der Waals surface area contributed by atoms with Gasteiger partial charge in [0.25, 0.3) is 29.5 Å². The lowest BCUT2D eigenvalue weighted by atomic mass is 10.1. The van der Waals surface area contributed by atoms with E-state index in [4.69, 9.17) is 18.9 Å². The zero-order valence-corrected chi connectivity index (χ0v) is 31.7. The van der Waals surface area contributed by atoms with E-state index in [2.05, 4.69) is 5.32 Å². The monoisotopic (exact) mass is 793 g/mol. The van der Waals surface area contributed by atoms with Gasteiger partial charge in [-0.05, 0) is 91.0 Å². The summed E-state index contributed by atoms with van der Waals surface area (Å²) in [5.74, 6) is 0.859. The molecule has 0 bridgehead atoms. The Hall–Kier alpha value is -8.51. The minimum Gasteiger partial charge on any atom is -0.497 e. The van der Waals surface area contributed by atoms with E-state index in [9.17, 15) is 24.0 Å². The third kappa shape index (κ3) is 7.16. The molecule has 60 heavy (non-hydrogen) atoms. The number of ether oxygens (including phenoxy) is 4. The molecule has 0 unspecified atom stereocenters. The number of nitrogens with one attached hydrogen (secondary N) is 1. The van der Waals surface area contributed by atoms with E-state index in [0.29, 0.717) is 68.4 Å². The van der Waals surface area contributed by atoms with Crippen LogP contribution in [0.15, 0.2) is 164 Å². The summed E-state index contributed by atoms with van der Waals surface area (Å²) in [4.78, 5) is 68.8. The van der Waals surface area contributed by atoms with Crippen molar-refractivity contribution in [2.24, 2.45) is 0 Å². The summed E-state index contributed by atoms with van der Waals surface area (Å²) in [5, 5.41) is 2.84. The minimum absolute atomic E-state index is 0.0984. The molecule has 0 saturated carbocycles. The van der Waals surface area contributed by atoms with Crippen molar-refractivity contribution in [1.82, 2.24) is 0 Å². The summed E-state index contributed by atoms with van der Waals surface area (Å²) in [6.45, 7) is 0. The van der Waals surface area contributed by atoms with Gasteiger partial charge in [0, 0.05) is 41.6 Å². The number of fused-ring (bicyclic) bond motifs is 2. The van der Waals surface area contributed by atoms with Gasteiger partial charge in [-0.15, -0.1) is 0 Å². The quantitative estimate of drug-likeness (QED) is 0.127. The summed E-state index contributed by atoms with van der Waals surface area (Å²) >= 11 is 0. The molecule has 9 rings (SSSR count). The van der Waals surface area contributed by atoms with Crippen LogP contribution < -0.4 is 34.1 Å². The molecule has 0 saturated heterocycles. The number of carbonyl (C=O) groups excluding carboxylic acids is 5. The van der Waals surface area contributed by atoms with Gasteiger partial charge in [0.15, 0.2) is 0 Å². The fraction of sp³-hybridized carbons (Fsp3) is 0.0208. The van der Waals surface area contributed by atoms with Gasteiger partial charge in [-0.25, -0.2) is 9.80 Å². The van der Waals surface area contributed by atoms with Crippen molar-refractivity contribution in [3.05, 3.63) is 192 Å². The van der Waals surface area contributed by atoms with Crippen molar-refractivity contribution in [3.63, 3.8) is 0 Å². The van der Waals surface area contributed by atoms with Crippen LogP contribution in [0.5, 0.6) is 40.2 Å². The molecule has 2 aliphatic heterocycles. The van der Waals surface area contributed by atoms with Crippen molar-refractivity contribution in [1.29, 1.82) is 0 Å². The SMILES string of the molecule is COc1cccc(Oc2cccc(N3C(=O)c4ccc(C(=O)Nc5cccc(Oc6cccc(Oc7cccc(N8C(=O)c9ccccc9C8=O)c7)c6)c5)cc4C3=O)c2)c1. The molecular formula is C48H31N3O9. The highest BCUT2D eigenvalue weighted by Gasteiger charge is 2.38. The third-order valence-corrected chi connectivity index (χ3v) is 9.74. The van der Waals surface area contributed by atoms with Crippen LogP contribution in [0.3, 0.4) is 0 Å². The lowest BCUT2D eigenvalue weighted by Crippen LogP contribution is -2.29. The van der Waals surface area contributed by atoms with E-state index in [1.54, 1.807) is 153 Å². The number of hydrogen-bond acceptors (Lipinski definition) is 9. The molecule has 12 heteroatoms. The maximum Gasteiger partial charge on any atom is 0.266 e. The maximum absolute atomic E-state index is 13.6. The van der Waals surface area contributed by atoms with Gasteiger partial charge in [0.1, 0.15) is 40.2 Å². The zero-order chi connectivity index (χ0) is 41.3. The van der Waals surface area contributed by atoms with Crippen LogP contribution in [0, 0.1) is 0 Å². The first-order chi connectivity index (χ1) is 29.2. The van der Waals surface area contributed by atoms with Gasteiger partial charge < -0.3 is 24.3 Å².